The van der Waals surface area contributed by atoms with E-state index < -0.39 is 0 Å². The van der Waals surface area contributed by atoms with Gasteiger partial charge in [0.15, 0.2) is 11.5 Å². The van der Waals surface area contributed by atoms with Crippen LogP contribution in [0.15, 0.2) is 66.7 Å². The molecule has 3 aromatic rings. The minimum absolute atomic E-state index is 0.321. The second-order valence-electron chi connectivity index (χ2n) is 5.94. The molecule has 0 bridgehead atoms. The molecule has 0 fully saturated rings. The summed E-state index contributed by atoms with van der Waals surface area (Å²) in [6.07, 6.45) is 0. The maximum Gasteiger partial charge on any atom is 0.180 e. The number of rotatable bonds is 8. The van der Waals surface area contributed by atoms with Gasteiger partial charge in [-0.1, -0.05) is 59.6 Å². The third kappa shape index (κ3) is 5.31. The molecule has 0 saturated heterocycles. The Morgan fingerprint density at radius 3 is 2.33 bits per heavy atom. The molecule has 3 nitrogen and oxygen atoms in total. The Morgan fingerprint density at radius 1 is 0.852 bits per heavy atom. The van der Waals surface area contributed by atoms with Crippen LogP contribution >= 0.6 is 23.2 Å². The van der Waals surface area contributed by atoms with E-state index in [1.165, 1.54) is 0 Å². The summed E-state index contributed by atoms with van der Waals surface area (Å²) in [6, 6.07) is 21.4. The first kappa shape index (κ1) is 19.4. The Balaban J connectivity index is 1.76. The fraction of sp³-hybridized carbons (Fsp3) is 0.182. The van der Waals surface area contributed by atoms with Crippen molar-refractivity contribution in [2.75, 3.05) is 11.9 Å². The zero-order valence-electron chi connectivity index (χ0n) is 15.0. The van der Waals surface area contributed by atoms with Gasteiger partial charge >= 0.3 is 0 Å². The standard InChI is InChI=1S/C22H21Cl2NO2/c1-2-26-21-13-16(14-25-18-9-4-3-5-10-18)12-20(24)22(21)27-15-17-8-6-7-11-19(17)23/h3-13,25H,2,14-15H2,1H3. The van der Waals surface area contributed by atoms with Gasteiger partial charge in [0.25, 0.3) is 0 Å². The molecule has 27 heavy (non-hydrogen) atoms. The molecule has 0 radical (unpaired) electrons. The Morgan fingerprint density at radius 2 is 1.59 bits per heavy atom. The zero-order valence-corrected chi connectivity index (χ0v) is 16.6. The van der Waals surface area contributed by atoms with Gasteiger partial charge in [0, 0.05) is 22.8 Å². The number of para-hydroxylation sites is 1. The number of anilines is 1. The highest BCUT2D eigenvalue weighted by molar-refractivity contribution is 6.32. The number of ether oxygens (including phenoxy) is 2. The molecular formula is C22H21Cl2NO2. The van der Waals surface area contributed by atoms with Crippen molar-refractivity contribution < 1.29 is 9.47 Å². The lowest BCUT2D eigenvalue weighted by Gasteiger charge is -2.16. The van der Waals surface area contributed by atoms with Crippen molar-refractivity contribution in [3.8, 4) is 11.5 Å². The monoisotopic (exact) mass is 401 g/mol. The van der Waals surface area contributed by atoms with Crippen molar-refractivity contribution in [2.24, 2.45) is 0 Å². The molecule has 3 rings (SSSR count). The minimum atomic E-state index is 0.321. The van der Waals surface area contributed by atoms with Gasteiger partial charge < -0.3 is 14.8 Å². The van der Waals surface area contributed by atoms with Crippen molar-refractivity contribution in [1.29, 1.82) is 0 Å². The molecular weight excluding hydrogens is 381 g/mol. The summed E-state index contributed by atoms with van der Waals surface area (Å²) in [5.41, 5.74) is 2.95. The van der Waals surface area contributed by atoms with Crippen LogP contribution < -0.4 is 14.8 Å². The topological polar surface area (TPSA) is 30.5 Å². The lowest BCUT2D eigenvalue weighted by Crippen LogP contribution is -2.04. The van der Waals surface area contributed by atoms with Gasteiger partial charge in [0.2, 0.25) is 0 Å². The molecule has 1 N–H and O–H groups in total. The largest absolute Gasteiger partial charge is 0.490 e. The average molecular weight is 402 g/mol. The number of hydrogen-bond donors (Lipinski definition) is 1. The van der Waals surface area contributed by atoms with E-state index in [1.54, 1.807) is 0 Å². The van der Waals surface area contributed by atoms with Crippen molar-refractivity contribution in [3.63, 3.8) is 0 Å². The van der Waals surface area contributed by atoms with Gasteiger partial charge in [-0.3, -0.25) is 0 Å². The van der Waals surface area contributed by atoms with Gasteiger partial charge in [-0.25, -0.2) is 0 Å². The van der Waals surface area contributed by atoms with Crippen LogP contribution in [0.3, 0.4) is 0 Å². The van der Waals surface area contributed by atoms with Crippen LogP contribution in [0.4, 0.5) is 5.69 Å². The molecule has 0 atom stereocenters. The second kappa shape index (κ2) is 9.54. The van der Waals surface area contributed by atoms with Crippen LogP contribution in [0, 0.1) is 0 Å². The molecule has 0 aliphatic heterocycles. The van der Waals surface area contributed by atoms with Crippen LogP contribution in [0.5, 0.6) is 11.5 Å². The molecule has 0 amide bonds. The van der Waals surface area contributed by atoms with Crippen LogP contribution in [-0.2, 0) is 13.2 Å². The van der Waals surface area contributed by atoms with E-state index in [9.17, 15) is 0 Å². The maximum absolute atomic E-state index is 6.49. The Bertz CT molecular complexity index is 885. The SMILES string of the molecule is CCOc1cc(CNc2ccccc2)cc(Cl)c1OCc1ccccc1Cl. The van der Waals surface area contributed by atoms with Crippen LogP contribution in [0.1, 0.15) is 18.1 Å². The first-order valence-corrected chi connectivity index (χ1v) is 9.53. The highest BCUT2D eigenvalue weighted by Gasteiger charge is 2.13. The van der Waals surface area contributed by atoms with Crippen molar-refractivity contribution in [2.45, 2.75) is 20.1 Å². The van der Waals surface area contributed by atoms with Crippen molar-refractivity contribution >= 4 is 28.9 Å². The summed E-state index contributed by atoms with van der Waals surface area (Å²) in [5.74, 6) is 1.16. The molecule has 0 aliphatic carbocycles. The summed E-state index contributed by atoms with van der Waals surface area (Å²) in [6.45, 7) is 3.41. The number of nitrogens with one attached hydrogen (secondary N) is 1. The second-order valence-corrected chi connectivity index (χ2v) is 6.75. The average Bonchev–Trinajstić information content (AvgIpc) is 2.68. The quantitative estimate of drug-likeness (QED) is 0.462. The molecule has 3 aromatic carbocycles. The lowest BCUT2D eigenvalue weighted by molar-refractivity contribution is 0.269. The predicted octanol–water partition coefficient (Wildman–Crippen LogP) is 6.58. The highest BCUT2D eigenvalue weighted by atomic mass is 35.5. The normalized spacial score (nSPS) is 10.5. The zero-order chi connectivity index (χ0) is 19.1. The van der Waals surface area contributed by atoms with Crippen molar-refractivity contribution in [3.05, 3.63) is 87.9 Å². The minimum Gasteiger partial charge on any atom is -0.490 e. The van der Waals surface area contributed by atoms with E-state index in [0.29, 0.717) is 41.3 Å². The number of hydrogen-bond acceptors (Lipinski definition) is 3. The van der Waals surface area contributed by atoms with E-state index in [4.69, 9.17) is 32.7 Å². The fourth-order valence-electron chi connectivity index (χ4n) is 2.65. The van der Waals surface area contributed by atoms with Gasteiger partial charge in [0.05, 0.1) is 11.6 Å². The predicted molar refractivity (Wildman–Crippen MR) is 112 cm³/mol. The molecule has 140 valence electrons. The summed E-state index contributed by atoms with van der Waals surface area (Å²) in [4.78, 5) is 0. The first-order valence-electron chi connectivity index (χ1n) is 8.77. The molecule has 0 unspecified atom stereocenters. The van der Waals surface area contributed by atoms with Gasteiger partial charge in [-0.15, -0.1) is 0 Å². The molecule has 0 saturated carbocycles. The van der Waals surface area contributed by atoms with Crippen LogP contribution in [0.2, 0.25) is 10.0 Å². The smallest absolute Gasteiger partial charge is 0.180 e. The molecule has 0 heterocycles. The summed E-state index contributed by atoms with van der Waals surface area (Å²) in [7, 11) is 0. The summed E-state index contributed by atoms with van der Waals surface area (Å²) < 4.78 is 11.7. The van der Waals surface area contributed by atoms with Crippen molar-refractivity contribution in [1.82, 2.24) is 0 Å². The van der Waals surface area contributed by atoms with E-state index in [1.807, 2.05) is 73.7 Å². The molecule has 5 heteroatoms. The Kier molecular flexibility index (Phi) is 6.86. The van der Waals surface area contributed by atoms with E-state index in [0.717, 1.165) is 16.8 Å². The Hall–Kier alpha value is -2.36. The summed E-state index contributed by atoms with van der Waals surface area (Å²) in [5, 5.41) is 4.54. The maximum atomic E-state index is 6.49. The van der Waals surface area contributed by atoms with Gasteiger partial charge in [-0.2, -0.15) is 0 Å². The fourth-order valence-corrected chi connectivity index (χ4v) is 3.13. The third-order valence-electron chi connectivity index (χ3n) is 3.97. The highest BCUT2D eigenvalue weighted by Crippen LogP contribution is 2.37. The van der Waals surface area contributed by atoms with Crippen LogP contribution in [0.25, 0.3) is 0 Å². The third-order valence-corrected chi connectivity index (χ3v) is 4.62. The lowest BCUT2D eigenvalue weighted by atomic mass is 10.2. The molecule has 0 aromatic heterocycles. The first-order chi connectivity index (χ1) is 13.2. The van der Waals surface area contributed by atoms with Gasteiger partial charge in [0.1, 0.15) is 6.61 Å². The van der Waals surface area contributed by atoms with Crippen LogP contribution in [-0.4, -0.2) is 6.61 Å². The number of halogens is 2. The van der Waals surface area contributed by atoms with E-state index in [2.05, 4.69) is 5.32 Å². The number of benzene rings is 3. The Labute approximate surface area is 169 Å². The van der Waals surface area contributed by atoms with E-state index in [-0.39, 0.29) is 0 Å². The molecule has 0 spiro atoms. The van der Waals surface area contributed by atoms with E-state index >= 15 is 0 Å². The van der Waals surface area contributed by atoms with Gasteiger partial charge in [-0.05, 0) is 42.8 Å². The summed E-state index contributed by atoms with van der Waals surface area (Å²) >= 11 is 12.7. The molecule has 0 aliphatic rings.